The van der Waals surface area contributed by atoms with E-state index >= 15 is 0 Å². The van der Waals surface area contributed by atoms with Crippen LogP contribution in [0.2, 0.25) is 0 Å². The highest BCUT2D eigenvalue weighted by atomic mass is 16.6. The molecular formula is C51H86NO7+. The van der Waals surface area contributed by atoms with Gasteiger partial charge < -0.3 is 23.8 Å². The average molecular weight is 825 g/mol. The first-order valence-electron chi connectivity index (χ1n) is 23.2. The third-order valence-corrected chi connectivity index (χ3v) is 9.86. The second kappa shape index (κ2) is 41.3. The molecule has 2 unspecified atom stereocenters. The van der Waals surface area contributed by atoms with Crippen LogP contribution in [0, 0.1) is 0 Å². The molecule has 8 heteroatoms. The van der Waals surface area contributed by atoms with E-state index in [2.05, 4.69) is 92.8 Å². The van der Waals surface area contributed by atoms with Gasteiger partial charge in [0.1, 0.15) is 6.61 Å². The smallest absolute Gasteiger partial charge is 0.362 e. The molecule has 0 spiro atoms. The molecule has 0 heterocycles. The van der Waals surface area contributed by atoms with E-state index in [-0.39, 0.29) is 49.1 Å². The Labute approximate surface area is 361 Å². The minimum absolute atomic E-state index is 0.0306. The quantitative estimate of drug-likeness (QED) is 0.0216. The molecule has 0 aliphatic rings. The summed E-state index contributed by atoms with van der Waals surface area (Å²) in [5.41, 5.74) is 0. The molecule has 2 atom stereocenters. The van der Waals surface area contributed by atoms with E-state index in [1.165, 1.54) is 64.2 Å². The van der Waals surface area contributed by atoms with Gasteiger partial charge in [0.25, 0.3) is 0 Å². The molecule has 0 rings (SSSR count). The monoisotopic (exact) mass is 825 g/mol. The number of esters is 2. The van der Waals surface area contributed by atoms with Gasteiger partial charge in [-0.1, -0.05) is 163 Å². The van der Waals surface area contributed by atoms with Crippen LogP contribution in [-0.2, 0) is 28.6 Å². The van der Waals surface area contributed by atoms with Crippen LogP contribution in [0.25, 0.3) is 0 Å². The minimum atomic E-state index is -0.889. The molecule has 336 valence electrons. The molecule has 1 N–H and O–H groups in total. The lowest BCUT2D eigenvalue weighted by molar-refractivity contribution is -0.887. The number of likely N-dealkylation sites (N-methyl/N-ethyl adjacent to an activating group) is 1. The van der Waals surface area contributed by atoms with Crippen molar-refractivity contribution < 1.29 is 38.2 Å². The van der Waals surface area contributed by atoms with Crippen molar-refractivity contribution in [2.24, 2.45) is 0 Å². The van der Waals surface area contributed by atoms with E-state index in [1.54, 1.807) is 0 Å². The van der Waals surface area contributed by atoms with E-state index in [9.17, 15) is 19.5 Å². The number of carboxylic acids is 1. The highest BCUT2D eigenvalue weighted by molar-refractivity contribution is 5.72. The maximum Gasteiger partial charge on any atom is 0.362 e. The summed E-state index contributed by atoms with van der Waals surface area (Å²) in [7, 11) is 5.50. The average Bonchev–Trinajstić information content (AvgIpc) is 3.19. The second-order valence-electron chi connectivity index (χ2n) is 16.4. The van der Waals surface area contributed by atoms with Crippen LogP contribution in [0.15, 0.2) is 85.1 Å². The van der Waals surface area contributed by atoms with Crippen LogP contribution in [0.1, 0.15) is 168 Å². The van der Waals surface area contributed by atoms with Crippen molar-refractivity contribution in [3.05, 3.63) is 85.1 Å². The first kappa shape index (κ1) is 55.5. The predicted octanol–water partition coefficient (Wildman–Crippen LogP) is 12.9. The summed E-state index contributed by atoms with van der Waals surface area (Å²) in [6.07, 6.45) is 53.4. The number of hydrogen-bond acceptors (Lipinski definition) is 6. The Morgan fingerprint density at radius 2 is 0.983 bits per heavy atom. The molecular weight excluding hydrogens is 739 g/mol. The van der Waals surface area contributed by atoms with Gasteiger partial charge in [-0.05, 0) is 70.6 Å². The molecule has 0 saturated carbocycles. The standard InChI is InChI=1S/C51H85NO7/c1-6-8-10-12-14-16-18-20-22-24-26-28-30-32-34-36-38-40-42-50(54)59-47(45-57-44-43-48(51(55)56)52(3,4)5)46-58-49(53)41-39-37-35-33-31-29-27-25-23-21-19-17-15-13-11-9-7-2/h14,16,18,20-24,26-29,33,35,47-48H,6-13,15,17,19,25,30-32,34,36-46H2,1-5H3/p+1/b16-14+,20-18+,23-21+,24-22+,28-26+,29-27+,35-33+. The Balaban J connectivity index is 4.48. The topological polar surface area (TPSA) is 99.1 Å². The number of carbonyl (C=O) groups excluding carboxylic acids is 2. The molecule has 0 aromatic heterocycles. The van der Waals surface area contributed by atoms with Gasteiger partial charge in [0.05, 0.1) is 34.4 Å². The molecule has 0 bridgehead atoms. The summed E-state index contributed by atoms with van der Waals surface area (Å²) in [5.74, 6) is -1.57. The van der Waals surface area contributed by atoms with Crippen molar-refractivity contribution in [3.8, 4) is 0 Å². The van der Waals surface area contributed by atoms with Gasteiger partial charge in [-0.3, -0.25) is 9.59 Å². The SMILES string of the molecule is CCCCC/C=C/C=C/C=C/C=C/CCCCCCCC(=O)OC(COCCC(C(=O)O)[N+](C)(C)C)COC(=O)CCC/C=C/C/C=C/C/C=C/CCCCCCCC. The molecule has 59 heavy (non-hydrogen) atoms. The second-order valence-corrected chi connectivity index (χ2v) is 16.4. The highest BCUT2D eigenvalue weighted by Gasteiger charge is 2.31. The summed E-state index contributed by atoms with van der Waals surface area (Å²) in [5, 5.41) is 9.63. The Morgan fingerprint density at radius 3 is 1.56 bits per heavy atom. The van der Waals surface area contributed by atoms with Crippen LogP contribution in [-0.4, -0.2) is 80.6 Å². The number of unbranched alkanes of at least 4 members (excludes halogenated alkanes) is 15. The van der Waals surface area contributed by atoms with Crippen molar-refractivity contribution in [2.75, 3.05) is 41.0 Å². The zero-order chi connectivity index (χ0) is 43.5. The number of hydrogen-bond donors (Lipinski definition) is 1. The van der Waals surface area contributed by atoms with Gasteiger partial charge >= 0.3 is 17.9 Å². The number of quaternary nitrogens is 1. The molecule has 0 aromatic carbocycles. The predicted molar refractivity (Wildman–Crippen MR) is 247 cm³/mol. The van der Waals surface area contributed by atoms with Crippen LogP contribution >= 0.6 is 0 Å². The summed E-state index contributed by atoms with van der Waals surface area (Å²) in [6, 6.07) is -0.631. The third kappa shape index (κ3) is 39.7. The zero-order valence-corrected chi connectivity index (χ0v) is 38.2. The lowest BCUT2D eigenvalue weighted by Crippen LogP contribution is -2.50. The molecule has 0 aliphatic carbocycles. The summed E-state index contributed by atoms with van der Waals surface area (Å²) < 4.78 is 17.2. The number of allylic oxidation sites excluding steroid dienone is 14. The Kier molecular flexibility index (Phi) is 38.8. The van der Waals surface area contributed by atoms with Gasteiger partial charge in [0.2, 0.25) is 0 Å². The number of carboxylic acid groups (broad SMARTS) is 1. The van der Waals surface area contributed by atoms with Crippen molar-refractivity contribution in [3.63, 3.8) is 0 Å². The summed E-state index contributed by atoms with van der Waals surface area (Å²) >= 11 is 0. The normalized spacial score (nSPS) is 13.7. The Hall–Kier alpha value is -3.49. The lowest BCUT2D eigenvalue weighted by Gasteiger charge is -2.31. The van der Waals surface area contributed by atoms with Crippen LogP contribution in [0.5, 0.6) is 0 Å². The minimum Gasteiger partial charge on any atom is -0.477 e. The number of carbonyl (C=O) groups is 3. The Bertz CT molecular complexity index is 1240. The van der Waals surface area contributed by atoms with Crippen LogP contribution < -0.4 is 0 Å². The largest absolute Gasteiger partial charge is 0.477 e. The Morgan fingerprint density at radius 1 is 0.525 bits per heavy atom. The third-order valence-electron chi connectivity index (χ3n) is 9.86. The number of rotatable bonds is 40. The lowest BCUT2D eigenvalue weighted by atomic mass is 10.1. The van der Waals surface area contributed by atoms with E-state index in [0.717, 1.165) is 64.2 Å². The van der Waals surface area contributed by atoms with Gasteiger partial charge in [0.15, 0.2) is 12.1 Å². The van der Waals surface area contributed by atoms with E-state index in [4.69, 9.17) is 14.2 Å². The highest BCUT2D eigenvalue weighted by Crippen LogP contribution is 2.12. The fourth-order valence-electron chi connectivity index (χ4n) is 6.24. The number of nitrogens with zero attached hydrogens (tertiary/aromatic N) is 1. The van der Waals surface area contributed by atoms with E-state index < -0.39 is 18.1 Å². The van der Waals surface area contributed by atoms with Gasteiger partial charge in [-0.15, -0.1) is 0 Å². The van der Waals surface area contributed by atoms with Crippen molar-refractivity contribution in [1.29, 1.82) is 0 Å². The summed E-state index contributed by atoms with van der Waals surface area (Å²) in [4.78, 5) is 37.0. The van der Waals surface area contributed by atoms with Crippen molar-refractivity contribution in [2.45, 2.75) is 180 Å². The van der Waals surface area contributed by atoms with Gasteiger partial charge in [0, 0.05) is 19.3 Å². The number of aliphatic carboxylic acids is 1. The molecule has 0 saturated heterocycles. The van der Waals surface area contributed by atoms with Crippen LogP contribution in [0.3, 0.4) is 0 Å². The molecule has 0 amide bonds. The fourth-order valence-corrected chi connectivity index (χ4v) is 6.24. The molecule has 8 nitrogen and oxygen atoms in total. The van der Waals surface area contributed by atoms with E-state index in [0.29, 0.717) is 12.8 Å². The molecule has 0 aromatic rings. The first-order valence-corrected chi connectivity index (χ1v) is 23.2. The fraction of sp³-hybridized carbons (Fsp3) is 0.667. The van der Waals surface area contributed by atoms with E-state index in [1.807, 2.05) is 27.2 Å². The summed E-state index contributed by atoms with van der Waals surface area (Å²) in [6.45, 7) is 4.60. The number of ether oxygens (including phenoxy) is 3. The van der Waals surface area contributed by atoms with Crippen LogP contribution in [0.4, 0.5) is 0 Å². The maximum atomic E-state index is 12.7. The molecule has 0 fully saturated rings. The maximum absolute atomic E-state index is 12.7. The van der Waals surface area contributed by atoms with Gasteiger partial charge in [-0.2, -0.15) is 0 Å². The van der Waals surface area contributed by atoms with Crippen molar-refractivity contribution >= 4 is 17.9 Å². The van der Waals surface area contributed by atoms with Gasteiger partial charge in [-0.25, -0.2) is 4.79 Å². The van der Waals surface area contributed by atoms with Crippen molar-refractivity contribution in [1.82, 2.24) is 0 Å². The zero-order valence-electron chi connectivity index (χ0n) is 38.2. The molecule has 0 aliphatic heterocycles. The first-order chi connectivity index (χ1) is 28.6. The molecule has 0 radical (unpaired) electrons.